The molecule has 0 amide bonds. The Morgan fingerprint density at radius 3 is 1.94 bits per heavy atom. The molecule has 0 saturated heterocycles. The Balaban J connectivity index is 2.09. The molecule has 174 valence electrons. The predicted octanol–water partition coefficient (Wildman–Crippen LogP) is 5.20. The van der Waals surface area contributed by atoms with Crippen molar-refractivity contribution in [2.45, 2.75) is 13.3 Å². The van der Waals surface area contributed by atoms with Crippen LogP contribution in [0.1, 0.15) is 27.0 Å². The van der Waals surface area contributed by atoms with E-state index in [1.165, 1.54) is 7.11 Å². The second-order valence-electron chi connectivity index (χ2n) is 7.15. The summed E-state index contributed by atoms with van der Waals surface area (Å²) in [6.07, 6.45) is 0.446. The molecule has 3 rings (SSSR count). The molecule has 0 aromatic heterocycles. The van der Waals surface area contributed by atoms with E-state index in [4.69, 9.17) is 28.4 Å². The number of hydrogen-bond acceptors (Lipinski definition) is 7. The van der Waals surface area contributed by atoms with Gasteiger partial charge in [0.15, 0.2) is 11.5 Å². The van der Waals surface area contributed by atoms with E-state index in [-0.39, 0.29) is 0 Å². The number of esters is 1. The van der Waals surface area contributed by atoms with Gasteiger partial charge in [0.05, 0.1) is 35.5 Å². The first kappa shape index (κ1) is 23.8. The van der Waals surface area contributed by atoms with E-state index in [1.807, 2.05) is 43.3 Å². The quantitative estimate of drug-likeness (QED) is 0.413. The van der Waals surface area contributed by atoms with Crippen molar-refractivity contribution < 1.29 is 33.2 Å². The largest absolute Gasteiger partial charge is 0.492 e. The van der Waals surface area contributed by atoms with Gasteiger partial charge in [-0.2, -0.15) is 0 Å². The number of methoxy groups -OCH3 is 5. The summed E-state index contributed by atoms with van der Waals surface area (Å²) in [6.45, 7) is 1.92. The minimum atomic E-state index is -0.489. The van der Waals surface area contributed by atoms with Gasteiger partial charge in [0.25, 0.3) is 0 Å². The van der Waals surface area contributed by atoms with E-state index in [0.717, 1.165) is 16.7 Å². The van der Waals surface area contributed by atoms with Crippen LogP contribution in [-0.4, -0.2) is 41.5 Å². The molecule has 0 radical (unpaired) electrons. The average molecular weight is 453 g/mol. The highest BCUT2D eigenvalue weighted by Crippen LogP contribution is 2.49. The third-order valence-corrected chi connectivity index (χ3v) is 5.30. The lowest BCUT2D eigenvalue weighted by molar-refractivity contribution is 0.0598. The lowest BCUT2D eigenvalue weighted by Crippen LogP contribution is -2.07. The summed E-state index contributed by atoms with van der Waals surface area (Å²) in [4.78, 5) is 12.5. The van der Waals surface area contributed by atoms with Crippen molar-refractivity contribution in [3.05, 3.63) is 70.8 Å². The van der Waals surface area contributed by atoms with Crippen molar-refractivity contribution in [1.82, 2.24) is 0 Å². The topological polar surface area (TPSA) is 72.5 Å². The van der Waals surface area contributed by atoms with Gasteiger partial charge in [-0.1, -0.05) is 24.3 Å². The van der Waals surface area contributed by atoms with Gasteiger partial charge in [-0.25, -0.2) is 4.79 Å². The van der Waals surface area contributed by atoms with Crippen LogP contribution in [0.25, 0.3) is 0 Å². The summed E-state index contributed by atoms with van der Waals surface area (Å²) >= 11 is 0. The molecule has 7 nitrogen and oxygen atoms in total. The Labute approximate surface area is 193 Å². The van der Waals surface area contributed by atoms with E-state index >= 15 is 0 Å². The van der Waals surface area contributed by atoms with E-state index in [2.05, 4.69) is 0 Å². The van der Waals surface area contributed by atoms with Gasteiger partial charge < -0.3 is 28.4 Å². The molecule has 0 aliphatic heterocycles. The van der Waals surface area contributed by atoms with Gasteiger partial charge in [-0.3, -0.25) is 0 Å². The highest BCUT2D eigenvalue weighted by molar-refractivity contribution is 5.92. The van der Waals surface area contributed by atoms with Crippen molar-refractivity contribution >= 4 is 5.97 Å². The Bertz CT molecular complexity index is 1120. The summed E-state index contributed by atoms with van der Waals surface area (Å²) in [7, 11) is 7.58. The fourth-order valence-electron chi connectivity index (χ4n) is 3.73. The second-order valence-corrected chi connectivity index (χ2v) is 7.15. The number of hydrogen-bond donors (Lipinski definition) is 0. The summed E-state index contributed by atoms with van der Waals surface area (Å²) in [5, 5.41) is 0. The van der Waals surface area contributed by atoms with Crippen LogP contribution in [0, 0.1) is 6.92 Å². The molecule has 0 atom stereocenters. The average Bonchev–Trinajstić information content (AvgIpc) is 2.85. The molecule has 3 aromatic rings. The molecular weight excluding hydrogens is 424 g/mol. The molecule has 0 aliphatic carbocycles. The molecule has 0 bridgehead atoms. The van der Waals surface area contributed by atoms with Crippen molar-refractivity contribution in [2.24, 2.45) is 0 Å². The molecule has 0 unspecified atom stereocenters. The maximum absolute atomic E-state index is 12.5. The molecule has 0 spiro atoms. The van der Waals surface area contributed by atoms with Crippen LogP contribution in [0.3, 0.4) is 0 Å². The normalized spacial score (nSPS) is 10.4. The van der Waals surface area contributed by atoms with E-state index in [1.54, 1.807) is 40.6 Å². The number of para-hydroxylation sites is 1. The van der Waals surface area contributed by atoms with Crippen LogP contribution in [-0.2, 0) is 11.2 Å². The van der Waals surface area contributed by atoms with Crippen LogP contribution in [0.2, 0.25) is 0 Å². The van der Waals surface area contributed by atoms with Crippen molar-refractivity contribution in [1.29, 1.82) is 0 Å². The van der Waals surface area contributed by atoms with Gasteiger partial charge in [-0.05, 0) is 36.8 Å². The zero-order valence-electron chi connectivity index (χ0n) is 19.7. The van der Waals surface area contributed by atoms with Crippen molar-refractivity contribution in [2.75, 3.05) is 35.5 Å². The molecule has 0 N–H and O–H groups in total. The second kappa shape index (κ2) is 10.6. The summed E-state index contributed by atoms with van der Waals surface area (Å²) in [5.41, 5.74) is 2.87. The monoisotopic (exact) mass is 452 g/mol. The van der Waals surface area contributed by atoms with Crippen molar-refractivity contribution in [3.8, 4) is 34.5 Å². The zero-order valence-corrected chi connectivity index (χ0v) is 19.7. The van der Waals surface area contributed by atoms with Crippen LogP contribution in [0.5, 0.6) is 34.5 Å². The van der Waals surface area contributed by atoms with E-state index in [9.17, 15) is 4.79 Å². The van der Waals surface area contributed by atoms with Crippen molar-refractivity contribution in [3.63, 3.8) is 0 Å². The van der Waals surface area contributed by atoms with Crippen LogP contribution in [0.4, 0.5) is 0 Å². The molecule has 0 saturated carbocycles. The lowest BCUT2D eigenvalue weighted by Gasteiger charge is -2.22. The third kappa shape index (κ3) is 4.82. The number of ether oxygens (including phenoxy) is 6. The van der Waals surface area contributed by atoms with Gasteiger partial charge >= 0.3 is 5.97 Å². The summed E-state index contributed by atoms with van der Waals surface area (Å²) in [5.74, 6) is 2.54. The number of rotatable bonds is 9. The standard InChI is InChI=1S/C26H28O7/c1-16-19(23(29-3)25(31-5)24(30-4)22(16)28-2)14-17-12-13-21(20(15-17)26(27)32-6)33-18-10-8-7-9-11-18/h7-13,15H,14H2,1-6H3. The highest BCUT2D eigenvalue weighted by Gasteiger charge is 2.26. The third-order valence-electron chi connectivity index (χ3n) is 5.30. The first-order chi connectivity index (χ1) is 16.0. The first-order valence-corrected chi connectivity index (χ1v) is 10.3. The molecule has 0 aliphatic rings. The minimum Gasteiger partial charge on any atom is -0.492 e. The fourth-order valence-corrected chi connectivity index (χ4v) is 3.73. The number of carbonyl (C=O) groups excluding carboxylic acids is 1. The molecule has 0 heterocycles. The van der Waals surface area contributed by atoms with Gasteiger partial charge in [0.1, 0.15) is 17.1 Å². The summed E-state index contributed by atoms with van der Waals surface area (Å²) in [6, 6.07) is 14.7. The van der Waals surface area contributed by atoms with Crippen LogP contribution in [0.15, 0.2) is 48.5 Å². The Kier molecular flexibility index (Phi) is 7.66. The minimum absolute atomic E-state index is 0.322. The number of benzene rings is 3. The highest BCUT2D eigenvalue weighted by atomic mass is 16.5. The summed E-state index contributed by atoms with van der Waals surface area (Å²) < 4.78 is 33.3. The van der Waals surface area contributed by atoms with Gasteiger partial charge in [0, 0.05) is 17.5 Å². The Hall–Kier alpha value is -3.87. The Morgan fingerprint density at radius 2 is 1.36 bits per heavy atom. The SMILES string of the molecule is COC(=O)c1cc(Cc2c(C)c(OC)c(OC)c(OC)c2OC)ccc1Oc1ccccc1. The van der Waals surface area contributed by atoms with Crippen LogP contribution < -0.4 is 23.7 Å². The fraction of sp³-hybridized carbons (Fsp3) is 0.269. The molecule has 7 heteroatoms. The first-order valence-electron chi connectivity index (χ1n) is 10.3. The van der Waals surface area contributed by atoms with Gasteiger partial charge in [0.2, 0.25) is 11.5 Å². The molecule has 33 heavy (non-hydrogen) atoms. The number of carbonyl (C=O) groups is 1. The van der Waals surface area contributed by atoms with E-state index < -0.39 is 5.97 Å². The predicted molar refractivity (Wildman–Crippen MR) is 124 cm³/mol. The Morgan fingerprint density at radius 1 is 0.758 bits per heavy atom. The maximum atomic E-state index is 12.5. The van der Waals surface area contributed by atoms with Crippen LogP contribution >= 0.6 is 0 Å². The lowest BCUT2D eigenvalue weighted by atomic mass is 9.96. The molecule has 0 fully saturated rings. The zero-order chi connectivity index (χ0) is 24.0. The van der Waals surface area contributed by atoms with E-state index in [0.29, 0.717) is 46.5 Å². The maximum Gasteiger partial charge on any atom is 0.341 e. The van der Waals surface area contributed by atoms with Gasteiger partial charge in [-0.15, -0.1) is 0 Å². The molecular formula is C26H28O7. The smallest absolute Gasteiger partial charge is 0.341 e. The molecule has 3 aromatic carbocycles.